The summed E-state index contributed by atoms with van der Waals surface area (Å²) in [5.74, 6) is 1.39. The van der Waals surface area contributed by atoms with Crippen LogP contribution >= 0.6 is 0 Å². The van der Waals surface area contributed by atoms with E-state index in [4.69, 9.17) is 0 Å². The fourth-order valence-corrected chi connectivity index (χ4v) is 1.98. The summed E-state index contributed by atoms with van der Waals surface area (Å²) in [6.45, 7) is 12.0. The minimum Gasteiger partial charge on any atom is -0.390 e. The normalized spacial score (nSPS) is 15.2. The van der Waals surface area contributed by atoms with Crippen molar-refractivity contribution in [3.63, 3.8) is 0 Å². The molecule has 0 amide bonds. The highest BCUT2D eigenvalue weighted by Crippen LogP contribution is 2.15. The number of hydrogen-bond donors (Lipinski definition) is 2. The van der Waals surface area contributed by atoms with Crippen LogP contribution < -0.4 is 5.32 Å². The van der Waals surface area contributed by atoms with Crippen LogP contribution in [0.3, 0.4) is 0 Å². The zero-order valence-corrected chi connectivity index (χ0v) is 12.8. The van der Waals surface area contributed by atoms with Crippen molar-refractivity contribution in [2.24, 2.45) is 5.92 Å². The minimum absolute atomic E-state index is 0.445. The van der Waals surface area contributed by atoms with E-state index in [0.717, 1.165) is 18.9 Å². The van der Waals surface area contributed by atoms with Crippen LogP contribution in [0.15, 0.2) is 6.33 Å². The van der Waals surface area contributed by atoms with Gasteiger partial charge in [-0.2, -0.15) is 5.10 Å². The summed E-state index contributed by atoms with van der Waals surface area (Å²) in [6, 6.07) is 0.445. The molecule has 0 bridgehead atoms. The van der Waals surface area contributed by atoms with Crippen LogP contribution in [-0.2, 0) is 13.0 Å². The highest BCUT2D eigenvalue weighted by atomic mass is 16.3. The Bertz CT molecular complexity index is 371. The first kappa shape index (κ1) is 16.1. The number of nitrogens with one attached hydrogen (secondary N) is 1. The fraction of sp³-hybridized carbons (Fsp3) is 0.857. The largest absolute Gasteiger partial charge is 0.390 e. The van der Waals surface area contributed by atoms with Gasteiger partial charge in [0.15, 0.2) is 0 Å². The standard InChI is InChI=1S/C14H28N4O/c1-11(2)9-18-13(16-10-17-18)8-14(5,19)6-7-15-12(3)4/h10-12,15,19H,6-9H2,1-5H3. The predicted octanol–water partition coefficient (Wildman–Crippen LogP) is 1.62. The SMILES string of the molecule is CC(C)Cn1ncnc1CC(C)(O)CCNC(C)C. The van der Waals surface area contributed by atoms with Crippen LogP contribution in [0.1, 0.15) is 46.9 Å². The van der Waals surface area contributed by atoms with Gasteiger partial charge in [0.2, 0.25) is 0 Å². The van der Waals surface area contributed by atoms with E-state index in [0.29, 0.717) is 24.8 Å². The maximum absolute atomic E-state index is 10.4. The van der Waals surface area contributed by atoms with Gasteiger partial charge in [0.1, 0.15) is 12.2 Å². The second kappa shape index (κ2) is 7.01. The Kier molecular flexibility index (Phi) is 5.94. The molecule has 2 N–H and O–H groups in total. The first-order valence-corrected chi connectivity index (χ1v) is 7.12. The molecule has 1 atom stereocenters. The third-order valence-corrected chi connectivity index (χ3v) is 2.99. The Hall–Kier alpha value is -0.940. The van der Waals surface area contributed by atoms with Crippen LogP contribution in [0.2, 0.25) is 0 Å². The van der Waals surface area contributed by atoms with Gasteiger partial charge in [-0.15, -0.1) is 0 Å². The number of hydrogen-bond acceptors (Lipinski definition) is 4. The zero-order chi connectivity index (χ0) is 14.5. The van der Waals surface area contributed by atoms with Gasteiger partial charge in [-0.1, -0.05) is 27.7 Å². The molecule has 19 heavy (non-hydrogen) atoms. The van der Waals surface area contributed by atoms with Crippen LogP contribution in [0.5, 0.6) is 0 Å². The molecule has 0 aliphatic rings. The molecule has 110 valence electrons. The molecule has 0 aromatic carbocycles. The van der Waals surface area contributed by atoms with Gasteiger partial charge in [0.25, 0.3) is 0 Å². The van der Waals surface area contributed by atoms with Crippen molar-refractivity contribution in [3.05, 3.63) is 12.2 Å². The van der Waals surface area contributed by atoms with Gasteiger partial charge in [-0.05, 0) is 25.8 Å². The van der Waals surface area contributed by atoms with Gasteiger partial charge in [0.05, 0.1) is 5.60 Å². The molecule has 1 aromatic rings. The molecule has 0 aliphatic carbocycles. The van der Waals surface area contributed by atoms with Crippen molar-refractivity contribution in [2.75, 3.05) is 6.54 Å². The molecule has 0 radical (unpaired) electrons. The summed E-state index contributed by atoms with van der Waals surface area (Å²) in [5.41, 5.74) is -0.746. The van der Waals surface area contributed by atoms with E-state index >= 15 is 0 Å². The molecule has 0 aliphatic heterocycles. The second-order valence-corrected chi connectivity index (χ2v) is 6.28. The predicted molar refractivity (Wildman–Crippen MR) is 76.9 cm³/mol. The molecular weight excluding hydrogens is 240 g/mol. The summed E-state index contributed by atoms with van der Waals surface area (Å²) in [4.78, 5) is 4.27. The molecule has 0 saturated carbocycles. The third kappa shape index (κ3) is 6.16. The quantitative estimate of drug-likeness (QED) is 0.752. The second-order valence-electron chi connectivity index (χ2n) is 6.28. The average Bonchev–Trinajstić information content (AvgIpc) is 2.62. The molecule has 1 rings (SSSR count). The van der Waals surface area contributed by atoms with Crippen LogP contribution in [0.25, 0.3) is 0 Å². The molecule has 1 heterocycles. The lowest BCUT2D eigenvalue weighted by molar-refractivity contribution is 0.0477. The molecule has 0 saturated heterocycles. The van der Waals surface area contributed by atoms with Gasteiger partial charge in [-0.25, -0.2) is 9.67 Å². The van der Waals surface area contributed by atoms with Crippen molar-refractivity contribution in [1.82, 2.24) is 20.1 Å². The van der Waals surface area contributed by atoms with Gasteiger partial charge < -0.3 is 10.4 Å². The van der Waals surface area contributed by atoms with E-state index < -0.39 is 5.60 Å². The van der Waals surface area contributed by atoms with E-state index in [1.807, 2.05) is 11.6 Å². The van der Waals surface area contributed by atoms with E-state index in [1.54, 1.807) is 6.33 Å². The molecule has 0 fully saturated rings. The highest BCUT2D eigenvalue weighted by molar-refractivity contribution is 4.93. The van der Waals surface area contributed by atoms with Crippen molar-refractivity contribution in [2.45, 2.75) is 65.6 Å². The van der Waals surface area contributed by atoms with Gasteiger partial charge in [0, 0.05) is 19.0 Å². The summed E-state index contributed by atoms with van der Waals surface area (Å²) < 4.78 is 1.90. The van der Waals surface area contributed by atoms with E-state index in [9.17, 15) is 5.11 Å². The minimum atomic E-state index is -0.746. The van der Waals surface area contributed by atoms with Crippen molar-refractivity contribution in [3.8, 4) is 0 Å². The molecule has 1 aromatic heterocycles. The number of aliphatic hydroxyl groups is 1. The van der Waals surface area contributed by atoms with Crippen LogP contribution in [-0.4, -0.2) is 38.1 Å². The molecule has 5 heteroatoms. The topological polar surface area (TPSA) is 63.0 Å². The first-order valence-electron chi connectivity index (χ1n) is 7.12. The average molecular weight is 268 g/mol. The third-order valence-electron chi connectivity index (χ3n) is 2.99. The Morgan fingerprint density at radius 3 is 2.63 bits per heavy atom. The Balaban J connectivity index is 2.54. The van der Waals surface area contributed by atoms with E-state index in [-0.39, 0.29) is 0 Å². The van der Waals surface area contributed by atoms with E-state index in [2.05, 4.69) is 43.1 Å². The lowest BCUT2D eigenvalue weighted by Crippen LogP contribution is -2.35. The summed E-state index contributed by atoms with van der Waals surface area (Å²) in [6.07, 6.45) is 2.82. The maximum Gasteiger partial charge on any atom is 0.138 e. The number of aromatic nitrogens is 3. The van der Waals surface area contributed by atoms with Crippen molar-refractivity contribution < 1.29 is 5.11 Å². The Labute approximate surface area is 116 Å². The molecule has 1 unspecified atom stereocenters. The van der Waals surface area contributed by atoms with Gasteiger partial charge >= 0.3 is 0 Å². The van der Waals surface area contributed by atoms with Crippen LogP contribution in [0, 0.1) is 5.92 Å². The molecule has 0 spiro atoms. The Morgan fingerprint density at radius 2 is 2.05 bits per heavy atom. The fourth-order valence-electron chi connectivity index (χ4n) is 1.98. The molecule has 5 nitrogen and oxygen atoms in total. The highest BCUT2D eigenvalue weighted by Gasteiger charge is 2.23. The van der Waals surface area contributed by atoms with Crippen molar-refractivity contribution >= 4 is 0 Å². The number of nitrogens with zero attached hydrogens (tertiary/aromatic N) is 3. The summed E-state index contributed by atoms with van der Waals surface area (Å²) in [5, 5.41) is 18.0. The lowest BCUT2D eigenvalue weighted by Gasteiger charge is -2.24. The summed E-state index contributed by atoms with van der Waals surface area (Å²) in [7, 11) is 0. The summed E-state index contributed by atoms with van der Waals surface area (Å²) >= 11 is 0. The van der Waals surface area contributed by atoms with Gasteiger partial charge in [-0.3, -0.25) is 0 Å². The maximum atomic E-state index is 10.4. The van der Waals surface area contributed by atoms with Crippen molar-refractivity contribution in [1.29, 1.82) is 0 Å². The lowest BCUT2D eigenvalue weighted by atomic mass is 9.97. The monoisotopic (exact) mass is 268 g/mol. The van der Waals surface area contributed by atoms with Crippen LogP contribution in [0.4, 0.5) is 0 Å². The number of rotatable bonds is 8. The molecular formula is C14H28N4O. The smallest absolute Gasteiger partial charge is 0.138 e. The van der Waals surface area contributed by atoms with E-state index in [1.165, 1.54) is 0 Å². The first-order chi connectivity index (χ1) is 8.80. The Morgan fingerprint density at radius 1 is 1.37 bits per heavy atom. The zero-order valence-electron chi connectivity index (χ0n) is 12.8.